The van der Waals surface area contributed by atoms with Gasteiger partial charge in [-0.05, 0) is 219 Å². The van der Waals surface area contributed by atoms with Gasteiger partial charge in [0.2, 0.25) is 0 Å². The van der Waals surface area contributed by atoms with E-state index in [1.54, 1.807) is 0 Å². The number of Topliss-reactive ketones (excluding diaryl/α,β-unsaturated/α-hetero) is 2. The quantitative estimate of drug-likeness (QED) is 0.162. The number of hydrogen-bond acceptors (Lipinski definition) is 5. The third-order valence-electron chi connectivity index (χ3n) is 19.2. The van der Waals surface area contributed by atoms with Crippen LogP contribution in [-0.4, -0.2) is 55.1 Å². The van der Waals surface area contributed by atoms with E-state index in [-0.39, 0.29) is 23.7 Å². The molecular weight excluding hydrogens is 1190 g/mol. The summed E-state index contributed by atoms with van der Waals surface area (Å²) >= 11 is 5.92. The number of halogens is 4. The number of hydrogen-bond donors (Lipinski definition) is 3. The molecule has 0 bridgehead atoms. The summed E-state index contributed by atoms with van der Waals surface area (Å²) in [5, 5.41) is 28.3. The van der Waals surface area contributed by atoms with Gasteiger partial charge in [0.15, 0.2) is 0 Å². The van der Waals surface area contributed by atoms with E-state index in [4.69, 9.17) is 5.11 Å². The standard InChI is InChI=1S/C23H38O2.C23H36O2.2CH3I2.CH4O.CH4/c2*1-5-23-13-12-21(3,25)14-16(23)6-7-17-19-9-8-18(15(2)24)22(19,4)11-10-20(17)23;2*1-3-2;1-2;/h16-20,25H,5-14H2,1-4H3;5,16-20,25H,1,6-14H2,2-4H3;2*1H3;2H,1H3;1H4/q;;2*-1;;/t2*16-,17-,18+,19-,20-,21+,22+,23-;;;;/m00..../s1. The van der Waals surface area contributed by atoms with Crippen molar-refractivity contribution in [2.45, 2.75) is 189 Å². The molecule has 8 saturated carbocycles. The van der Waals surface area contributed by atoms with Crippen molar-refractivity contribution in [1.82, 2.24) is 0 Å². The van der Waals surface area contributed by atoms with Crippen molar-refractivity contribution >= 4 is 48.8 Å². The van der Waals surface area contributed by atoms with Crippen LogP contribution in [0.15, 0.2) is 12.7 Å². The molecule has 348 valence electrons. The minimum atomic E-state index is -0.486. The SMILES string of the molecule is C.C=C[C@]12CC[C@@](C)(O)C[C@@H]1CC[C@H]1[C@@H]3CC[C@H](C(C)=O)[C@@]3(C)CC[C@@H]12.CC[C@]12CC[C@@](C)(O)C[C@@H]1CC[C@H]1[C@@H]3CC[C@H](C(C)=O)[C@@]3(C)CC[C@@H]12.CO.C[I-]I.C[I-]I. The topological polar surface area (TPSA) is 94.8 Å². The molecule has 3 N–H and O–H groups in total. The van der Waals surface area contributed by atoms with E-state index < -0.39 is 11.2 Å². The Labute approximate surface area is 403 Å². The van der Waals surface area contributed by atoms with E-state index >= 15 is 0 Å². The number of carbonyl (C=O) groups is 2. The first kappa shape index (κ1) is 55.2. The molecule has 0 radical (unpaired) electrons. The van der Waals surface area contributed by atoms with Crippen LogP contribution < -0.4 is 34.5 Å². The van der Waals surface area contributed by atoms with Crippen molar-refractivity contribution < 1.29 is 59.4 Å². The van der Waals surface area contributed by atoms with Crippen molar-refractivity contribution in [1.29, 1.82) is 0 Å². The second-order valence-electron chi connectivity index (χ2n) is 21.5. The van der Waals surface area contributed by atoms with Gasteiger partial charge in [-0.15, -0.1) is 6.58 Å². The van der Waals surface area contributed by atoms with Crippen molar-refractivity contribution in [3.8, 4) is 0 Å². The van der Waals surface area contributed by atoms with Gasteiger partial charge in [0.05, 0.1) is 11.2 Å². The van der Waals surface area contributed by atoms with Crippen molar-refractivity contribution in [2.75, 3.05) is 17.0 Å². The van der Waals surface area contributed by atoms with Gasteiger partial charge in [-0.3, -0.25) is 9.59 Å². The first-order valence-corrected chi connectivity index (χ1v) is 39.9. The van der Waals surface area contributed by atoms with E-state index in [0.29, 0.717) is 69.2 Å². The molecule has 16 atom stereocenters. The third kappa shape index (κ3) is 10.9. The summed E-state index contributed by atoms with van der Waals surface area (Å²) in [4.78, 5) is 28.9. The van der Waals surface area contributed by atoms with Gasteiger partial charge in [-0.25, -0.2) is 0 Å². The molecule has 8 aliphatic rings. The van der Waals surface area contributed by atoms with Gasteiger partial charge in [0, 0.05) is 18.9 Å². The van der Waals surface area contributed by atoms with E-state index in [0.717, 1.165) is 93.5 Å². The molecular formula is C50H88I4O5-2. The summed E-state index contributed by atoms with van der Waals surface area (Å²) < 4.78 is 0. The number of allylic oxidation sites excluding steroid dienone is 1. The van der Waals surface area contributed by atoms with Crippen LogP contribution in [0, 0.1) is 80.8 Å². The summed E-state index contributed by atoms with van der Waals surface area (Å²) in [5.41, 5.74) is 0.297. The van der Waals surface area contributed by atoms with Gasteiger partial charge in [0.25, 0.3) is 0 Å². The zero-order valence-corrected chi connectivity index (χ0v) is 46.8. The number of alkyl halides is 2. The summed E-state index contributed by atoms with van der Waals surface area (Å²) in [6.07, 6.45) is 24.8. The zero-order chi connectivity index (χ0) is 43.5. The molecule has 5 nitrogen and oxygen atoms in total. The predicted molar refractivity (Wildman–Crippen MR) is 257 cm³/mol. The number of aliphatic hydroxyl groups excluding tert-OH is 1. The maximum absolute atomic E-state index is 12.3. The average Bonchev–Trinajstić information content (AvgIpc) is 3.73. The molecule has 59 heavy (non-hydrogen) atoms. The van der Waals surface area contributed by atoms with Gasteiger partial charge in [0.1, 0.15) is 11.6 Å². The van der Waals surface area contributed by atoms with Crippen LogP contribution in [0.1, 0.15) is 178 Å². The summed E-state index contributed by atoms with van der Waals surface area (Å²) in [7, 11) is 1.00. The molecule has 0 aromatic heterocycles. The third-order valence-corrected chi connectivity index (χ3v) is 19.2. The van der Waals surface area contributed by atoms with E-state index in [2.05, 4.69) is 87.4 Å². The number of rotatable bonds is 4. The van der Waals surface area contributed by atoms with Crippen LogP contribution in [0.2, 0.25) is 0 Å². The zero-order valence-electron chi connectivity index (χ0n) is 38.2. The first-order chi connectivity index (χ1) is 27.3. The van der Waals surface area contributed by atoms with Gasteiger partial charge in [-0.1, -0.05) is 34.3 Å². The van der Waals surface area contributed by atoms with E-state index in [9.17, 15) is 19.8 Å². The summed E-state index contributed by atoms with van der Waals surface area (Å²) in [6, 6.07) is 0. The fourth-order valence-electron chi connectivity index (χ4n) is 16.8. The summed E-state index contributed by atoms with van der Waals surface area (Å²) in [5.74, 6) is 7.46. The van der Waals surface area contributed by atoms with E-state index in [1.807, 2.05) is 20.8 Å². The molecule has 0 saturated heterocycles. The molecule has 9 heteroatoms. The van der Waals surface area contributed by atoms with Crippen LogP contribution in [0.4, 0.5) is 0 Å². The normalized spacial score (nSPS) is 47.5. The number of ketones is 2. The molecule has 0 heterocycles. The molecule has 8 aliphatic carbocycles. The Morgan fingerprint density at radius 1 is 0.627 bits per heavy atom. The predicted octanol–water partition coefficient (Wildman–Crippen LogP) is 6.88. The molecule has 0 spiro atoms. The number of fused-ring (bicyclic) bond motifs is 10. The molecule has 0 aromatic rings. The van der Waals surface area contributed by atoms with E-state index in [1.165, 1.54) is 77.0 Å². The molecule has 8 fully saturated rings. The van der Waals surface area contributed by atoms with Crippen LogP contribution in [-0.2, 0) is 9.59 Å². The monoisotopic (exact) mass is 1280 g/mol. The van der Waals surface area contributed by atoms with Crippen molar-refractivity contribution in [3.63, 3.8) is 0 Å². The Morgan fingerprint density at radius 3 is 1.47 bits per heavy atom. The van der Waals surface area contributed by atoms with Gasteiger partial charge >= 0.3 is 81.6 Å². The fourth-order valence-corrected chi connectivity index (χ4v) is 16.8. The molecule has 0 unspecified atom stereocenters. The Morgan fingerprint density at radius 2 is 1.03 bits per heavy atom. The number of carbonyl (C=O) groups excluding carboxylic acids is 2. The van der Waals surface area contributed by atoms with Crippen molar-refractivity contribution in [2.24, 2.45) is 80.8 Å². The minimum absolute atomic E-state index is 0. The fraction of sp³-hybridized carbons (Fsp3) is 0.920. The van der Waals surface area contributed by atoms with Crippen LogP contribution in [0.3, 0.4) is 0 Å². The average molecular weight is 1280 g/mol. The Balaban J connectivity index is 0.000000265. The molecule has 0 amide bonds. The Hall–Kier alpha value is 1.88. The maximum atomic E-state index is 12.3. The van der Waals surface area contributed by atoms with Gasteiger partial charge < -0.3 is 15.3 Å². The number of aliphatic hydroxyl groups is 3. The molecule has 0 aromatic carbocycles. The van der Waals surface area contributed by atoms with Crippen LogP contribution in [0.25, 0.3) is 0 Å². The molecule has 0 aliphatic heterocycles. The summed E-state index contributed by atoms with van der Waals surface area (Å²) in [6.45, 7) is 19.3. The second kappa shape index (κ2) is 22.6. The van der Waals surface area contributed by atoms with Crippen LogP contribution in [0.5, 0.6) is 0 Å². The second-order valence-corrected chi connectivity index (χ2v) is 34.0. The molecule has 8 rings (SSSR count). The van der Waals surface area contributed by atoms with Crippen molar-refractivity contribution in [3.05, 3.63) is 12.7 Å². The van der Waals surface area contributed by atoms with Gasteiger partial charge in [-0.2, -0.15) is 0 Å². The first-order valence-electron chi connectivity index (χ1n) is 23.0. The van der Waals surface area contributed by atoms with Crippen LogP contribution >= 0.6 is 37.2 Å². The Kier molecular flexibility index (Phi) is 21.1. The Bertz CT molecular complexity index is 1390.